The van der Waals surface area contributed by atoms with Crippen LogP contribution in [0.3, 0.4) is 0 Å². The lowest BCUT2D eigenvalue weighted by atomic mass is 10.2. The highest BCUT2D eigenvalue weighted by molar-refractivity contribution is 6.31. The summed E-state index contributed by atoms with van der Waals surface area (Å²) < 4.78 is 40.3. The Morgan fingerprint density at radius 1 is 1.33 bits per heavy atom. The van der Waals surface area contributed by atoms with Crippen molar-refractivity contribution in [3.63, 3.8) is 0 Å². The van der Waals surface area contributed by atoms with Gasteiger partial charge in [0.2, 0.25) is 0 Å². The van der Waals surface area contributed by atoms with Gasteiger partial charge in [0.05, 0.1) is 17.1 Å². The monoisotopic (exact) mass is 317 g/mol. The second-order valence-corrected chi connectivity index (χ2v) is 4.99. The molecule has 0 fully saturated rings. The molecule has 7 heteroatoms. The number of rotatable bonds is 5. The molecule has 114 valence electrons. The number of halogens is 4. The third-order valence-corrected chi connectivity index (χ3v) is 3.32. The van der Waals surface area contributed by atoms with E-state index >= 15 is 0 Å². The first kappa shape index (κ1) is 15.7. The molecule has 0 atom stereocenters. The molecule has 1 N–H and O–H groups in total. The molecule has 21 heavy (non-hydrogen) atoms. The molecule has 0 unspecified atom stereocenters. The Morgan fingerprint density at radius 3 is 2.76 bits per heavy atom. The van der Waals surface area contributed by atoms with Gasteiger partial charge in [-0.3, -0.25) is 0 Å². The zero-order valence-corrected chi connectivity index (χ0v) is 12.2. The molecule has 2 rings (SSSR count). The number of hydrogen-bond acceptors (Lipinski definition) is 2. The Kier molecular flexibility index (Phi) is 4.77. The largest absolute Gasteiger partial charge is 0.417 e. The molecule has 2 aromatic rings. The predicted octanol–water partition coefficient (Wildman–Crippen LogP) is 4.58. The molecule has 0 aliphatic rings. The third-order valence-electron chi connectivity index (χ3n) is 2.99. The predicted molar refractivity (Wildman–Crippen MR) is 76.3 cm³/mol. The van der Waals surface area contributed by atoms with Gasteiger partial charge in [-0.05, 0) is 24.6 Å². The Bertz CT molecular complexity index is 608. The lowest BCUT2D eigenvalue weighted by Gasteiger charge is -2.13. The first-order valence-corrected chi connectivity index (χ1v) is 6.90. The number of nitrogens with one attached hydrogen (secondary N) is 1. The topological polar surface area (TPSA) is 29.9 Å². The third kappa shape index (κ3) is 3.91. The number of hydrogen-bond donors (Lipinski definition) is 1. The van der Waals surface area contributed by atoms with Crippen LogP contribution in [0.5, 0.6) is 0 Å². The van der Waals surface area contributed by atoms with Crippen molar-refractivity contribution in [2.75, 3.05) is 5.32 Å². The molecule has 1 heterocycles. The van der Waals surface area contributed by atoms with E-state index in [1.807, 2.05) is 17.7 Å². The fourth-order valence-electron chi connectivity index (χ4n) is 1.99. The highest BCUT2D eigenvalue weighted by Crippen LogP contribution is 2.36. The number of nitrogens with zero attached hydrogens (tertiary/aromatic N) is 2. The van der Waals surface area contributed by atoms with Gasteiger partial charge in [0, 0.05) is 24.6 Å². The van der Waals surface area contributed by atoms with Crippen LogP contribution in [0, 0.1) is 0 Å². The molecule has 0 spiro atoms. The molecule has 0 saturated carbocycles. The van der Waals surface area contributed by atoms with E-state index < -0.39 is 11.7 Å². The summed E-state index contributed by atoms with van der Waals surface area (Å²) in [6.07, 6.45) is 0.0250. The summed E-state index contributed by atoms with van der Waals surface area (Å²) in [5, 5.41) is 2.64. The van der Waals surface area contributed by atoms with Gasteiger partial charge >= 0.3 is 6.18 Å². The van der Waals surface area contributed by atoms with Gasteiger partial charge in [-0.15, -0.1) is 0 Å². The molecule has 0 aliphatic carbocycles. The van der Waals surface area contributed by atoms with Crippen molar-refractivity contribution >= 4 is 17.3 Å². The van der Waals surface area contributed by atoms with Crippen LogP contribution in [0.4, 0.5) is 18.9 Å². The molecule has 0 radical (unpaired) electrons. The minimum atomic E-state index is -4.46. The van der Waals surface area contributed by atoms with Gasteiger partial charge in [-0.25, -0.2) is 4.98 Å². The van der Waals surface area contributed by atoms with Crippen LogP contribution < -0.4 is 5.32 Å². The summed E-state index contributed by atoms with van der Waals surface area (Å²) in [6.45, 7) is 3.23. The van der Waals surface area contributed by atoms with Gasteiger partial charge < -0.3 is 9.88 Å². The van der Waals surface area contributed by atoms with Crippen LogP contribution in [-0.4, -0.2) is 9.55 Å². The first-order chi connectivity index (χ1) is 9.91. The van der Waals surface area contributed by atoms with E-state index in [2.05, 4.69) is 10.3 Å². The van der Waals surface area contributed by atoms with Crippen molar-refractivity contribution in [2.24, 2.45) is 0 Å². The highest BCUT2D eigenvalue weighted by atomic mass is 35.5. The normalized spacial score (nSPS) is 11.7. The van der Waals surface area contributed by atoms with Crippen LogP contribution in [-0.2, 0) is 19.3 Å². The molecule has 0 bridgehead atoms. The maximum absolute atomic E-state index is 12.8. The van der Waals surface area contributed by atoms with Crippen molar-refractivity contribution < 1.29 is 13.2 Å². The van der Waals surface area contributed by atoms with E-state index in [4.69, 9.17) is 11.6 Å². The average Bonchev–Trinajstić information content (AvgIpc) is 2.84. The number of benzene rings is 1. The van der Waals surface area contributed by atoms with E-state index in [1.54, 1.807) is 6.20 Å². The van der Waals surface area contributed by atoms with E-state index in [1.165, 1.54) is 12.1 Å². The fraction of sp³-hybridized carbons (Fsp3) is 0.357. The first-order valence-electron chi connectivity index (χ1n) is 6.52. The zero-order valence-electron chi connectivity index (χ0n) is 11.4. The second-order valence-electron chi connectivity index (χ2n) is 4.58. The van der Waals surface area contributed by atoms with E-state index in [0.29, 0.717) is 12.2 Å². The van der Waals surface area contributed by atoms with Gasteiger partial charge in [-0.1, -0.05) is 18.5 Å². The zero-order chi connectivity index (χ0) is 15.5. The van der Waals surface area contributed by atoms with Crippen molar-refractivity contribution in [1.29, 1.82) is 0 Å². The Labute approximate surface area is 125 Å². The second kappa shape index (κ2) is 6.39. The summed E-state index contributed by atoms with van der Waals surface area (Å²) in [4.78, 5) is 4.19. The summed E-state index contributed by atoms with van der Waals surface area (Å²) in [5.74, 6) is 0.778. The van der Waals surface area contributed by atoms with Crippen molar-refractivity contribution in [3.8, 4) is 0 Å². The van der Waals surface area contributed by atoms with Crippen LogP contribution >= 0.6 is 11.6 Å². The van der Waals surface area contributed by atoms with Crippen LogP contribution in [0.1, 0.15) is 24.7 Å². The average molecular weight is 318 g/mol. The maximum atomic E-state index is 12.8. The van der Waals surface area contributed by atoms with Crippen molar-refractivity contribution in [3.05, 3.63) is 47.0 Å². The number of aromatic nitrogens is 2. The summed E-state index contributed by atoms with van der Waals surface area (Å²) in [7, 11) is 0. The molecular formula is C14H15ClF3N3. The number of imidazole rings is 1. The standard InChI is InChI=1S/C14H15ClF3N3/c1-2-6-21-7-5-19-13(21)9-20-10-3-4-12(15)11(8-10)14(16,17)18/h3-5,7-8,20H,2,6,9H2,1H3. The van der Waals surface area contributed by atoms with E-state index in [0.717, 1.165) is 24.9 Å². The SMILES string of the molecule is CCCn1ccnc1CNc1ccc(Cl)c(C(F)(F)F)c1. The summed E-state index contributed by atoms with van der Waals surface area (Å²) in [5.41, 5.74) is -0.483. The molecule has 1 aromatic heterocycles. The minimum Gasteiger partial charge on any atom is -0.378 e. The smallest absolute Gasteiger partial charge is 0.378 e. The van der Waals surface area contributed by atoms with Gasteiger partial charge in [0.1, 0.15) is 5.82 Å². The van der Waals surface area contributed by atoms with Crippen molar-refractivity contribution in [1.82, 2.24) is 9.55 Å². The van der Waals surface area contributed by atoms with Crippen LogP contribution in [0.25, 0.3) is 0 Å². The lowest BCUT2D eigenvalue weighted by Crippen LogP contribution is -2.10. The molecule has 1 aromatic carbocycles. The minimum absolute atomic E-state index is 0.305. The van der Waals surface area contributed by atoms with Gasteiger partial charge in [0.15, 0.2) is 0 Å². The number of alkyl halides is 3. The Morgan fingerprint density at radius 2 is 2.10 bits per heavy atom. The molecule has 3 nitrogen and oxygen atoms in total. The molecule has 0 amide bonds. The summed E-state index contributed by atoms with van der Waals surface area (Å²) in [6, 6.07) is 3.77. The van der Waals surface area contributed by atoms with Gasteiger partial charge in [-0.2, -0.15) is 13.2 Å². The van der Waals surface area contributed by atoms with E-state index in [-0.39, 0.29) is 5.02 Å². The Balaban J connectivity index is 2.12. The quantitative estimate of drug-likeness (QED) is 0.875. The highest BCUT2D eigenvalue weighted by Gasteiger charge is 2.33. The molecular weight excluding hydrogens is 303 g/mol. The van der Waals surface area contributed by atoms with Gasteiger partial charge in [0.25, 0.3) is 0 Å². The number of aryl methyl sites for hydroxylation is 1. The lowest BCUT2D eigenvalue weighted by molar-refractivity contribution is -0.137. The molecule has 0 saturated heterocycles. The van der Waals surface area contributed by atoms with Crippen LogP contribution in [0.2, 0.25) is 5.02 Å². The fourth-order valence-corrected chi connectivity index (χ4v) is 2.21. The van der Waals surface area contributed by atoms with E-state index in [9.17, 15) is 13.2 Å². The number of anilines is 1. The Hall–Kier alpha value is -1.69. The maximum Gasteiger partial charge on any atom is 0.417 e. The summed E-state index contributed by atoms with van der Waals surface area (Å²) >= 11 is 5.58. The molecule has 0 aliphatic heterocycles. The van der Waals surface area contributed by atoms with Crippen LogP contribution in [0.15, 0.2) is 30.6 Å². The van der Waals surface area contributed by atoms with Crippen molar-refractivity contribution in [2.45, 2.75) is 32.6 Å².